The molecule has 1 aliphatic heterocycles. The van der Waals surface area contributed by atoms with Gasteiger partial charge in [-0.3, -0.25) is 14.7 Å². The average molecular weight is 377 g/mol. The second kappa shape index (κ2) is 6.92. The lowest BCUT2D eigenvalue weighted by atomic mass is 10.0. The molecule has 0 fully saturated rings. The van der Waals surface area contributed by atoms with Gasteiger partial charge >= 0.3 is 5.97 Å². The average Bonchev–Trinajstić information content (AvgIpc) is 3.32. The van der Waals surface area contributed by atoms with Crippen LogP contribution >= 0.6 is 0 Å². The molecule has 1 aliphatic rings. The van der Waals surface area contributed by atoms with E-state index in [4.69, 9.17) is 4.74 Å². The first-order chi connectivity index (χ1) is 13.4. The number of nitrogens with one attached hydrogen (secondary N) is 1. The Morgan fingerprint density at radius 2 is 1.93 bits per heavy atom. The highest BCUT2D eigenvalue weighted by Gasteiger charge is 2.25. The molecule has 2 aromatic carbocycles. The molecule has 0 unspecified atom stereocenters. The van der Waals surface area contributed by atoms with Crippen molar-refractivity contribution in [2.45, 2.75) is 26.4 Å². The number of H-pyrrole nitrogens is 1. The number of aromatic amines is 1. The highest BCUT2D eigenvalue weighted by molar-refractivity contribution is 6.03. The number of amides is 1. The third-order valence-corrected chi connectivity index (χ3v) is 4.97. The minimum atomic E-state index is -0.923. The summed E-state index contributed by atoms with van der Waals surface area (Å²) in [6.07, 6.45) is 1.44. The summed E-state index contributed by atoms with van der Waals surface area (Å²) in [4.78, 5) is 38.5. The summed E-state index contributed by atoms with van der Waals surface area (Å²) in [5.41, 5.74) is 3.32. The van der Waals surface area contributed by atoms with Crippen molar-refractivity contribution in [1.82, 2.24) is 10.2 Å². The predicted molar refractivity (Wildman–Crippen MR) is 103 cm³/mol. The lowest BCUT2D eigenvalue weighted by Crippen LogP contribution is -2.26. The molecular weight excluding hydrogens is 358 g/mol. The van der Waals surface area contributed by atoms with E-state index in [-0.39, 0.29) is 11.7 Å². The maximum Gasteiger partial charge on any atom is 0.338 e. The van der Waals surface area contributed by atoms with Crippen LogP contribution in [-0.2, 0) is 16.0 Å². The topological polar surface area (TPSA) is 92.4 Å². The van der Waals surface area contributed by atoms with Crippen molar-refractivity contribution >= 4 is 34.3 Å². The molecule has 0 bridgehead atoms. The van der Waals surface area contributed by atoms with Gasteiger partial charge in [0.1, 0.15) is 0 Å². The molecule has 2 heterocycles. The molecule has 1 aromatic heterocycles. The van der Waals surface area contributed by atoms with Gasteiger partial charge in [-0.1, -0.05) is 6.07 Å². The second-order valence-corrected chi connectivity index (χ2v) is 6.85. The number of rotatable bonds is 4. The van der Waals surface area contributed by atoms with E-state index in [1.807, 2.05) is 0 Å². The number of carbonyl (C=O) groups is 3. The summed E-state index contributed by atoms with van der Waals surface area (Å²) in [7, 11) is 0. The van der Waals surface area contributed by atoms with Crippen LogP contribution in [0.25, 0.3) is 10.9 Å². The van der Waals surface area contributed by atoms with Crippen molar-refractivity contribution in [2.24, 2.45) is 0 Å². The van der Waals surface area contributed by atoms with Gasteiger partial charge in [-0.2, -0.15) is 5.10 Å². The summed E-state index contributed by atoms with van der Waals surface area (Å²) in [5, 5.41) is 7.61. The Labute approximate surface area is 161 Å². The fraction of sp³-hybridized carbons (Fsp3) is 0.238. The van der Waals surface area contributed by atoms with E-state index in [2.05, 4.69) is 10.2 Å². The first-order valence-corrected chi connectivity index (χ1v) is 9.03. The van der Waals surface area contributed by atoms with Gasteiger partial charge in [0, 0.05) is 30.1 Å². The van der Waals surface area contributed by atoms with Crippen molar-refractivity contribution in [3.05, 3.63) is 59.3 Å². The largest absolute Gasteiger partial charge is 0.451 e. The standard InChI is InChI=1S/C21H19N3O4/c1-12(28-21(27)16-3-4-17-11-22-23-18(17)10-16)20(26)15-5-6-19-14(9-15)7-8-24(19)13(2)25/h3-6,9-12H,7-8H2,1-2H3,(H,22,23)/t12-/m0/s1. The summed E-state index contributed by atoms with van der Waals surface area (Å²) in [6, 6.07) is 10.3. The van der Waals surface area contributed by atoms with E-state index in [0.717, 1.165) is 22.2 Å². The van der Waals surface area contributed by atoms with Crippen molar-refractivity contribution in [3.8, 4) is 0 Å². The molecule has 7 nitrogen and oxygen atoms in total. The third kappa shape index (κ3) is 3.15. The Kier molecular flexibility index (Phi) is 4.43. The van der Waals surface area contributed by atoms with Gasteiger partial charge in [-0.25, -0.2) is 4.79 Å². The van der Waals surface area contributed by atoms with Crippen LogP contribution in [0.5, 0.6) is 0 Å². The number of nitrogens with zero attached hydrogens (tertiary/aromatic N) is 2. The monoisotopic (exact) mass is 377 g/mol. The maximum absolute atomic E-state index is 12.7. The molecule has 28 heavy (non-hydrogen) atoms. The molecule has 1 amide bonds. The van der Waals surface area contributed by atoms with Crippen LogP contribution in [0.3, 0.4) is 0 Å². The van der Waals surface area contributed by atoms with Crippen molar-refractivity contribution in [2.75, 3.05) is 11.4 Å². The van der Waals surface area contributed by atoms with E-state index < -0.39 is 12.1 Å². The number of anilines is 1. The van der Waals surface area contributed by atoms with Crippen LogP contribution in [-0.4, -0.2) is 40.5 Å². The molecule has 0 saturated heterocycles. The summed E-state index contributed by atoms with van der Waals surface area (Å²) < 4.78 is 5.37. The molecule has 4 rings (SSSR count). The first kappa shape index (κ1) is 17.9. The molecule has 7 heteroatoms. The molecule has 3 aromatic rings. The van der Waals surface area contributed by atoms with Gasteiger partial charge in [0.2, 0.25) is 11.7 Å². The highest BCUT2D eigenvalue weighted by Crippen LogP contribution is 2.29. The normalized spacial score (nSPS) is 14.0. The number of hydrogen-bond acceptors (Lipinski definition) is 5. The molecule has 0 spiro atoms. The molecule has 0 radical (unpaired) electrons. The number of hydrogen-bond donors (Lipinski definition) is 1. The molecule has 0 aliphatic carbocycles. The summed E-state index contributed by atoms with van der Waals surface area (Å²) in [6.45, 7) is 3.70. The zero-order valence-electron chi connectivity index (χ0n) is 15.6. The Bertz CT molecular complexity index is 1100. The molecule has 1 atom stereocenters. The lowest BCUT2D eigenvalue weighted by molar-refractivity contribution is -0.116. The summed E-state index contributed by atoms with van der Waals surface area (Å²) >= 11 is 0. The second-order valence-electron chi connectivity index (χ2n) is 6.85. The van der Waals surface area contributed by atoms with E-state index in [9.17, 15) is 14.4 Å². The van der Waals surface area contributed by atoms with Gasteiger partial charge in [0.15, 0.2) is 6.10 Å². The minimum absolute atomic E-state index is 0.0191. The molecule has 1 N–H and O–H groups in total. The maximum atomic E-state index is 12.7. The van der Waals surface area contributed by atoms with Crippen LogP contribution in [0.15, 0.2) is 42.6 Å². The van der Waals surface area contributed by atoms with Crippen molar-refractivity contribution in [1.29, 1.82) is 0 Å². The van der Waals surface area contributed by atoms with Gasteiger partial charge < -0.3 is 9.64 Å². The van der Waals surface area contributed by atoms with Crippen LogP contribution in [0.4, 0.5) is 5.69 Å². The number of aromatic nitrogens is 2. The number of benzene rings is 2. The molecular formula is C21H19N3O4. The smallest absolute Gasteiger partial charge is 0.338 e. The van der Waals surface area contributed by atoms with Gasteiger partial charge in [-0.05, 0) is 49.2 Å². The van der Waals surface area contributed by atoms with Gasteiger partial charge in [0.05, 0.1) is 17.3 Å². The Morgan fingerprint density at radius 3 is 2.71 bits per heavy atom. The van der Waals surface area contributed by atoms with Crippen LogP contribution in [0.1, 0.15) is 40.1 Å². The van der Waals surface area contributed by atoms with E-state index in [0.29, 0.717) is 24.1 Å². The van der Waals surface area contributed by atoms with Crippen LogP contribution in [0.2, 0.25) is 0 Å². The predicted octanol–water partition coefficient (Wildman–Crippen LogP) is 2.90. The summed E-state index contributed by atoms with van der Waals surface area (Å²) in [5.74, 6) is -0.865. The number of ketones is 1. The van der Waals surface area contributed by atoms with Gasteiger partial charge in [-0.15, -0.1) is 0 Å². The van der Waals surface area contributed by atoms with Crippen molar-refractivity contribution in [3.63, 3.8) is 0 Å². The number of fused-ring (bicyclic) bond motifs is 2. The van der Waals surface area contributed by atoms with Gasteiger partial charge in [0.25, 0.3) is 0 Å². The molecule has 0 saturated carbocycles. The Balaban J connectivity index is 1.49. The zero-order valence-corrected chi connectivity index (χ0v) is 15.6. The minimum Gasteiger partial charge on any atom is -0.451 e. The third-order valence-electron chi connectivity index (χ3n) is 4.97. The Hall–Kier alpha value is -3.48. The molecule has 142 valence electrons. The Morgan fingerprint density at radius 1 is 1.14 bits per heavy atom. The lowest BCUT2D eigenvalue weighted by Gasteiger charge is -2.16. The number of ether oxygens (including phenoxy) is 1. The van der Waals surface area contributed by atoms with Crippen LogP contribution in [0, 0.1) is 0 Å². The quantitative estimate of drug-likeness (QED) is 0.557. The highest BCUT2D eigenvalue weighted by atomic mass is 16.5. The van der Waals surface area contributed by atoms with E-state index in [1.165, 1.54) is 6.92 Å². The number of esters is 1. The van der Waals surface area contributed by atoms with E-state index in [1.54, 1.807) is 54.4 Å². The van der Waals surface area contributed by atoms with Crippen LogP contribution < -0.4 is 4.90 Å². The SMILES string of the molecule is CC(=O)N1CCc2cc(C(=O)[C@H](C)OC(=O)c3ccc4cn[nH]c4c3)ccc21. The fourth-order valence-electron chi connectivity index (χ4n) is 3.46. The number of carbonyl (C=O) groups excluding carboxylic acids is 3. The zero-order chi connectivity index (χ0) is 19.8. The van der Waals surface area contributed by atoms with E-state index >= 15 is 0 Å². The van der Waals surface area contributed by atoms with Crippen molar-refractivity contribution < 1.29 is 19.1 Å². The number of Topliss-reactive ketones (excluding diaryl/α,β-unsaturated/α-hetero) is 1. The fourth-order valence-corrected chi connectivity index (χ4v) is 3.46. The first-order valence-electron chi connectivity index (χ1n) is 9.03.